The Kier molecular flexibility index (Phi) is 11.1. The van der Waals surface area contributed by atoms with Gasteiger partial charge in [-0.3, -0.25) is 13.9 Å². The molecule has 0 aliphatic carbocycles. The lowest BCUT2D eigenvalue weighted by atomic mass is 10.0. The van der Waals surface area contributed by atoms with Crippen molar-refractivity contribution in [1.29, 1.82) is 0 Å². The molecule has 1 N–H and O–H groups in total. The maximum atomic E-state index is 14.5. The summed E-state index contributed by atoms with van der Waals surface area (Å²) in [6.45, 7) is 5.18. The highest BCUT2D eigenvalue weighted by Gasteiger charge is 2.35. The van der Waals surface area contributed by atoms with Gasteiger partial charge in [0.2, 0.25) is 11.8 Å². The standard InChI is InChI=1S/C34H35Cl2N3O4S/c1-4-37-34(41)32(20-26-10-6-5-7-11-26)38(22-27-12-8-9-13-30(27)36)33(40)23-39(31-21-28(35)17-16-25(31)3)44(42,43)29-18-14-24(2)15-19-29/h5-19,21,32H,4,20,22-23H2,1-3H3,(H,37,41)/t32-/m1/s1. The van der Waals surface area contributed by atoms with Crippen LogP contribution >= 0.6 is 23.2 Å². The Labute approximate surface area is 269 Å². The molecule has 0 aliphatic rings. The molecule has 0 bridgehead atoms. The van der Waals surface area contributed by atoms with E-state index in [1.165, 1.54) is 23.1 Å². The lowest BCUT2D eigenvalue weighted by Crippen LogP contribution is -2.53. The lowest BCUT2D eigenvalue weighted by Gasteiger charge is -2.34. The van der Waals surface area contributed by atoms with Crippen LogP contribution in [0.25, 0.3) is 0 Å². The molecule has 0 fully saturated rings. The van der Waals surface area contributed by atoms with Crippen molar-refractivity contribution in [2.45, 2.75) is 44.7 Å². The summed E-state index contributed by atoms with van der Waals surface area (Å²) >= 11 is 12.9. The molecule has 230 valence electrons. The number of sulfonamides is 1. The smallest absolute Gasteiger partial charge is 0.264 e. The Morgan fingerprint density at radius 1 is 0.864 bits per heavy atom. The molecule has 0 unspecified atom stereocenters. The summed E-state index contributed by atoms with van der Waals surface area (Å²) in [5.74, 6) is -0.934. The molecule has 4 aromatic carbocycles. The molecule has 2 amide bonds. The van der Waals surface area contributed by atoms with E-state index in [1.54, 1.807) is 62.4 Å². The summed E-state index contributed by atoms with van der Waals surface area (Å²) in [4.78, 5) is 29.5. The van der Waals surface area contributed by atoms with Gasteiger partial charge in [-0.2, -0.15) is 0 Å². The van der Waals surface area contributed by atoms with Crippen molar-refractivity contribution in [3.63, 3.8) is 0 Å². The van der Waals surface area contributed by atoms with Crippen LogP contribution < -0.4 is 9.62 Å². The zero-order valence-corrected chi connectivity index (χ0v) is 27.2. The van der Waals surface area contributed by atoms with Gasteiger partial charge >= 0.3 is 0 Å². The Hall–Kier alpha value is -3.85. The molecule has 0 aromatic heterocycles. The first-order chi connectivity index (χ1) is 21.0. The number of aryl methyl sites for hydroxylation is 2. The summed E-state index contributed by atoms with van der Waals surface area (Å²) in [5, 5.41) is 3.59. The van der Waals surface area contributed by atoms with E-state index in [1.807, 2.05) is 37.3 Å². The quantitative estimate of drug-likeness (QED) is 0.187. The van der Waals surface area contributed by atoms with E-state index in [2.05, 4.69) is 5.32 Å². The number of anilines is 1. The number of halogens is 2. The van der Waals surface area contributed by atoms with Crippen LogP contribution in [0.5, 0.6) is 0 Å². The van der Waals surface area contributed by atoms with Gasteiger partial charge in [-0.15, -0.1) is 0 Å². The van der Waals surface area contributed by atoms with Crippen LogP contribution in [0.2, 0.25) is 10.0 Å². The molecule has 0 saturated carbocycles. The molecule has 7 nitrogen and oxygen atoms in total. The van der Waals surface area contributed by atoms with Crippen molar-refractivity contribution in [2.24, 2.45) is 0 Å². The predicted octanol–water partition coefficient (Wildman–Crippen LogP) is 6.58. The lowest BCUT2D eigenvalue weighted by molar-refractivity contribution is -0.140. The van der Waals surface area contributed by atoms with Crippen LogP contribution in [-0.4, -0.2) is 44.3 Å². The van der Waals surface area contributed by atoms with E-state index in [9.17, 15) is 18.0 Å². The minimum atomic E-state index is -4.23. The average Bonchev–Trinajstić information content (AvgIpc) is 3.00. The van der Waals surface area contributed by atoms with Crippen LogP contribution in [0.1, 0.15) is 29.2 Å². The minimum absolute atomic E-state index is 0.0138. The Balaban J connectivity index is 1.83. The first kappa shape index (κ1) is 33.1. The number of hydrogen-bond donors (Lipinski definition) is 1. The van der Waals surface area contributed by atoms with Gasteiger partial charge in [0.05, 0.1) is 10.6 Å². The Morgan fingerprint density at radius 3 is 2.18 bits per heavy atom. The van der Waals surface area contributed by atoms with Crippen molar-refractivity contribution >= 4 is 50.7 Å². The van der Waals surface area contributed by atoms with Gasteiger partial charge in [0.1, 0.15) is 12.6 Å². The third kappa shape index (κ3) is 8.00. The van der Waals surface area contributed by atoms with Gasteiger partial charge in [-0.1, -0.05) is 95.5 Å². The fourth-order valence-electron chi connectivity index (χ4n) is 4.86. The van der Waals surface area contributed by atoms with Gasteiger partial charge in [0.15, 0.2) is 0 Å². The Bertz CT molecular complexity index is 1710. The van der Waals surface area contributed by atoms with Crippen molar-refractivity contribution in [2.75, 3.05) is 17.4 Å². The molecule has 4 aromatic rings. The largest absolute Gasteiger partial charge is 0.355 e. The second-order valence-electron chi connectivity index (χ2n) is 10.5. The zero-order valence-electron chi connectivity index (χ0n) is 24.8. The number of benzene rings is 4. The van der Waals surface area contributed by atoms with Crippen molar-refractivity contribution in [3.8, 4) is 0 Å². The van der Waals surface area contributed by atoms with E-state index >= 15 is 0 Å². The molecular formula is C34H35Cl2N3O4S. The molecule has 0 spiro atoms. The fraction of sp³-hybridized carbons (Fsp3) is 0.235. The van der Waals surface area contributed by atoms with Crippen LogP contribution in [0.15, 0.2) is 102 Å². The molecule has 0 saturated heterocycles. The SMILES string of the molecule is CCNC(=O)[C@@H](Cc1ccccc1)N(Cc1ccccc1Cl)C(=O)CN(c1cc(Cl)ccc1C)S(=O)(=O)c1ccc(C)cc1. The first-order valence-electron chi connectivity index (χ1n) is 14.2. The Morgan fingerprint density at radius 2 is 1.52 bits per heavy atom. The van der Waals surface area contributed by atoms with E-state index < -0.39 is 28.5 Å². The maximum absolute atomic E-state index is 14.5. The summed E-state index contributed by atoms with van der Waals surface area (Å²) in [6, 6.07) is 26.8. The van der Waals surface area contributed by atoms with E-state index in [4.69, 9.17) is 23.2 Å². The second kappa shape index (κ2) is 14.8. The zero-order chi connectivity index (χ0) is 31.9. The number of rotatable bonds is 12. The highest BCUT2D eigenvalue weighted by molar-refractivity contribution is 7.92. The minimum Gasteiger partial charge on any atom is -0.355 e. The van der Waals surface area contributed by atoms with Crippen LogP contribution in [0.3, 0.4) is 0 Å². The number of hydrogen-bond acceptors (Lipinski definition) is 4. The molecule has 4 rings (SSSR count). The molecule has 0 heterocycles. The molecular weight excluding hydrogens is 617 g/mol. The molecule has 44 heavy (non-hydrogen) atoms. The van der Waals surface area contributed by atoms with E-state index in [-0.39, 0.29) is 29.5 Å². The first-order valence-corrected chi connectivity index (χ1v) is 16.4. The van der Waals surface area contributed by atoms with Crippen molar-refractivity contribution in [1.82, 2.24) is 10.2 Å². The number of nitrogens with zero attached hydrogens (tertiary/aromatic N) is 2. The summed E-state index contributed by atoms with van der Waals surface area (Å²) < 4.78 is 29.4. The monoisotopic (exact) mass is 651 g/mol. The number of carbonyl (C=O) groups is 2. The van der Waals surface area contributed by atoms with Gasteiger partial charge in [0.25, 0.3) is 10.0 Å². The molecule has 0 aliphatic heterocycles. The third-order valence-corrected chi connectivity index (χ3v) is 9.63. The van der Waals surface area contributed by atoms with Crippen LogP contribution in [0.4, 0.5) is 5.69 Å². The highest BCUT2D eigenvalue weighted by atomic mass is 35.5. The number of likely N-dealkylation sites (N-methyl/N-ethyl adjacent to an activating group) is 1. The number of carbonyl (C=O) groups excluding carboxylic acids is 2. The van der Waals surface area contributed by atoms with Crippen molar-refractivity contribution in [3.05, 3.63) is 129 Å². The topological polar surface area (TPSA) is 86.8 Å². The normalized spacial score (nSPS) is 11.9. The number of amides is 2. The predicted molar refractivity (Wildman–Crippen MR) is 177 cm³/mol. The summed E-state index contributed by atoms with van der Waals surface area (Å²) in [5.41, 5.74) is 3.23. The second-order valence-corrected chi connectivity index (χ2v) is 13.2. The third-order valence-electron chi connectivity index (χ3n) is 7.25. The van der Waals surface area contributed by atoms with E-state index in [0.717, 1.165) is 15.4 Å². The maximum Gasteiger partial charge on any atom is 0.264 e. The van der Waals surface area contributed by atoms with Gasteiger partial charge in [0, 0.05) is 29.6 Å². The van der Waals surface area contributed by atoms with Gasteiger partial charge < -0.3 is 10.2 Å². The summed E-state index contributed by atoms with van der Waals surface area (Å²) in [6.07, 6.45) is 0.212. The van der Waals surface area contributed by atoms with Gasteiger partial charge in [-0.05, 0) is 67.8 Å². The fourth-order valence-corrected chi connectivity index (χ4v) is 6.69. The van der Waals surface area contributed by atoms with Crippen LogP contribution in [-0.2, 0) is 32.6 Å². The molecule has 0 radical (unpaired) electrons. The van der Waals surface area contributed by atoms with Crippen LogP contribution in [0, 0.1) is 13.8 Å². The van der Waals surface area contributed by atoms with E-state index in [0.29, 0.717) is 27.7 Å². The molecule has 10 heteroatoms. The average molecular weight is 653 g/mol. The van der Waals surface area contributed by atoms with Crippen molar-refractivity contribution < 1.29 is 18.0 Å². The highest BCUT2D eigenvalue weighted by Crippen LogP contribution is 2.30. The number of nitrogens with one attached hydrogen (secondary N) is 1. The van der Waals surface area contributed by atoms with Gasteiger partial charge in [-0.25, -0.2) is 8.42 Å². The molecule has 1 atom stereocenters. The summed E-state index contributed by atoms with van der Waals surface area (Å²) in [7, 11) is -4.23.